The minimum Gasteiger partial charge on any atom is -0.353 e. The highest BCUT2D eigenvalue weighted by atomic mass is 15.3. The Labute approximate surface area is 141 Å². The molecule has 2 aliphatic heterocycles. The van der Waals surface area contributed by atoms with Gasteiger partial charge in [-0.05, 0) is 13.8 Å². The predicted octanol–water partition coefficient (Wildman–Crippen LogP) is 5.30. The molecule has 0 saturated carbocycles. The molecule has 0 bridgehead atoms. The summed E-state index contributed by atoms with van der Waals surface area (Å²) in [7, 11) is 3.96. The van der Waals surface area contributed by atoms with E-state index in [1.807, 2.05) is 19.0 Å². The first-order valence-corrected chi connectivity index (χ1v) is 5.45. The predicted molar refractivity (Wildman–Crippen MR) is 108 cm³/mol. The number of nitrogens with zero attached hydrogens (tertiary/aromatic N) is 4. The molecule has 0 spiro atoms. The molecule has 0 aromatic heterocycles. The van der Waals surface area contributed by atoms with E-state index in [0.717, 1.165) is 17.2 Å². The van der Waals surface area contributed by atoms with Gasteiger partial charge in [0.25, 0.3) is 0 Å². The number of fused-ring (bicyclic) bond motifs is 1. The van der Waals surface area contributed by atoms with Gasteiger partial charge in [0, 0.05) is 20.1 Å². The van der Waals surface area contributed by atoms with Crippen molar-refractivity contribution in [3.8, 4) is 0 Å². The Morgan fingerprint density at radius 2 is 1.36 bits per heavy atom. The molecule has 2 heterocycles. The zero-order valence-electron chi connectivity index (χ0n) is 10.4. The maximum absolute atomic E-state index is 4.66. The molecule has 2 unspecified atom stereocenters. The molecule has 0 aromatic carbocycles. The Kier molecular flexibility index (Phi) is 16.3. The maximum Gasteiger partial charge on any atom is 0.158 e. The number of hydrogen-bond donors (Lipinski definition) is 0. The Morgan fingerprint density at radius 3 is 1.82 bits per heavy atom. The van der Waals surface area contributed by atoms with E-state index in [2.05, 4.69) is 41.9 Å². The summed E-state index contributed by atoms with van der Waals surface area (Å²) in [5, 5.41) is 0. The van der Waals surface area contributed by atoms with E-state index in [4.69, 9.17) is 0 Å². The maximum atomic E-state index is 4.66. The van der Waals surface area contributed by atoms with Gasteiger partial charge in [-0.25, -0.2) is 4.99 Å². The summed E-state index contributed by atoms with van der Waals surface area (Å²) in [5.74, 6) is 1.60. The van der Waals surface area contributed by atoms with E-state index in [1.165, 1.54) is 0 Å². The Hall–Kier alpha value is -1.58. The molecule has 0 fully saturated rings. The lowest BCUT2D eigenvalue weighted by molar-refractivity contribution is 0.336. The van der Waals surface area contributed by atoms with Crippen molar-refractivity contribution in [3.63, 3.8) is 0 Å². The van der Waals surface area contributed by atoms with Crippen LogP contribution in [0.2, 0.25) is 0 Å². The first-order chi connectivity index (χ1) is 7.43. The van der Waals surface area contributed by atoms with Crippen molar-refractivity contribution in [1.29, 1.82) is 0 Å². The molecule has 0 aromatic rings. The molecule has 4 heteroatoms. The molecular formula is C18H42N4. The Bertz CT molecular complexity index is 421. The highest BCUT2D eigenvalue weighted by Crippen LogP contribution is 2.24. The van der Waals surface area contributed by atoms with Gasteiger partial charge in [0.2, 0.25) is 0 Å². The van der Waals surface area contributed by atoms with Crippen LogP contribution in [0.5, 0.6) is 0 Å². The van der Waals surface area contributed by atoms with Crippen LogP contribution in [0.3, 0.4) is 0 Å². The molecule has 2 atom stereocenters. The van der Waals surface area contributed by atoms with Gasteiger partial charge in [-0.2, -0.15) is 0 Å². The summed E-state index contributed by atoms with van der Waals surface area (Å²) in [6, 6.07) is 0.613. The number of amidine groups is 1. The van der Waals surface area contributed by atoms with E-state index in [-0.39, 0.29) is 50.6 Å². The van der Waals surface area contributed by atoms with Crippen LogP contribution < -0.4 is 0 Å². The van der Waals surface area contributed by atoms with E-state index < -0.39 is 0 Å². The quantitative estimate of drug-likeness (QED) is 0.608. The van der Waals surface area contributed by atoms with Crippen molar-refractivity contribution in [3.05, 3.63) is 24.7 Å². The molecule has 0 radical (unpaired) electrons. The molecule has 0 amide bonds. The summed E-state index contributed by atoms with van der Waals surface area (Å²) in [4.78, 5) is 13.2. The van der Waals surface area contributed by atoms with Gasteiger partial charge in [0.15, 0.2) is 5.84 Å². The largest absolute Gasteiger partial charge is 0.353 e. The zero-order chi connectivity index (χ0) is 12.0. The fourth-order valence-corrected chi connectivity index (χ4v) is 1.90. The van der Waals surface area contributed by atoms with Gasteiger partial charge < -0.3 is 9.80 Å². The molecule has 2 rings (SSSR count). The van der Waals surface area contributed by atoms with Crippen LogP contribution in [0.15, 0.2) is 34.7 Å². The zero-order valence-corrected chi connectivity index (χ0v) is 10.4. The van der Waals surface area contributed by atoms with Crippen LogP contribution in [0.4, 0.5) is 0 Å². The van der Waals surface area contributed by atoms with Gasteiger partial charge in [-0.15, -0.1) is 0 Å². The molecule has 22 heavy (non-hydrogen) atoms. The Morgan fingerprint density at radius 1 is 0.909 bits per heavy atom. The fourth-order valence-electron chi connectivity index (χ4n) is 1.90. The fraction of sp³-hybridized carbons (Fsp3) is 0.667. The van der Waals surface area contributed by atoms with Crippen LogP contribution >= 0.6 is 0 Å². The van der Waals surface area contributed by atoms with Crippen LogP contribution in [0, 0.1) is 0 Å². The van der Waals surface area contributed by atoms with Crippen LogP contribution in [-0.2, 0) is 0 Å². The third kappa shape index (κ3) is 4.72. The highest BCUT2D eigenvalue weighted by Gasteiger charge is 2.34. The standard InChI is InChI=1S/C12H18N4.6CH4/c1-7-8(2)16(6)12-11(13-7)9(3)15(5)10(4)14-12;;;;;;/h7-8H,3-4H2,1-2,5-6H3;6*1H4. The van der Waals surface area contributed by atoms with Crippen LogP contribution in [-0.4, -0.2) is 47.5 Å². The molecular weight excluding hydrogens is 272 g/mol. The first-order valence-electron chi connectivity index (χ1n) is 5.45. The summed E-state index contributed by atoms with van der Waals surface area (Å²) < 4.78 is 0. The third-order valence-corrected chi connectivity index (χ3v) is 3.49. The van der Waals surface area contributed by atoms with Crippen molar-refractivity contribution in [1.82, 2.24) is 9.80 Å². The van der Waals surface area contributed by atoms with Gasteiger partial charge in [-0.3, -0.25) is 4.99 Å². The molecule has 2 aliphatic rings. The second kappa shape index (κ2) is 11.0. The van der Waals surface area contributed by atoms with Crippen molar-refractivity contribution < 1.29 is 0 Å². The van der Waals surface area contributed by atoms with Crippen molar-refractivity contribution in [2.75, 3.05) is 14.1 Å². The summed E-state index contributed by atoms with van der Waals surface area (Å²) in [6.45, 7) is 12.2. The van der Waals surface area contributed by atoms with Gasteiger partial charge >= 0.3 is 0 Å². The number of likely N-dealkylation sites (N-methyl/N-ethyl adjacent to an activating group) is 1. The van der Waals surface area contributed by atoms with Gasteiger partial charge in [0.05, 0.1) is 11.7 Å². The van der Waals surface area contributed by atoms with Crippen LogP contribution in [0.1, 0.15) is 58.4 Å². The molecule has 0 saturated heterocycles. The second-order valence-corrected chi connectivity index (χ2v) is 4.43. The summed E-state index contributed by atoms with van der Waals surface area (Å²) >= 11 is 0. The Balaban J connectivity index is -0.000000161. The normalized spacial score (nSPS) is 21.8. The lowest BCUT2D eigenvalue weighted by Crippen LogP contribution is -2.52. The van der Waals surface area contributed by atoms with E-state index in [0.29, 0.717) is 11.9 Å². The molecule has 0 aliphatic carbocycles. The molecule has 0 N–H and O–H groups in total. The average molecular weight is 315 g/mol. The van der Waals surface area contributed by atoms with Crippen molar-refractivity contribution >= 4 is 11.5 Å². The first kappa shape index (κ1) is 32.4. The second-order valence-electron chi connectivity index (χ2n) is 4.43. The van der Waals surface area contributed by atoms with Gasteiger partial charge in [0.1, 0.15) is 11.5 Å². The average Bonchev–Trinajstić information content (AvgIpc) is 2.25. The number of hydrogen-bond acceptors (Lipinski definition) is 4. The lowest BCUT2D eigenvalue weighted by Gasteiger charge is -2.40. The van der Waals surface area contributed by atoms with E-state index in [9.17, 15) is 0 Å². The topological polar surface area (TPSA) is 31.2 Å². The lowest BCUT2D eigenvalue weighted by atomic mass is 10.0. The minimum absolute atomic E-state index is 0. The minimum atomic E-state index is 0. The van der Waals surface area contributed by atoms with Crippen molar-refractivity contribution in [2.24, 2.45) is 9.98 Å². The molecule has 134 valence electrons. The van der Waals surface area contributed by atoms with Gasteiger partial charge in [-0.1, -0.05) is 57.7 Å². The summed E-state index contributed by atoms with van der Waals surface area (Å²) in [5.41, 5.74) is 1.77. The van der Waals surface area contributed by atoms with Crippen molar-refractivity contribution in [2.45, 2.75) is 70.5 Å². The highest BCUT2D eigenvalue weighted by molar-refractivity contribution is 6.48. The summed E-state index contributed by atoms with van der Waals surface area (Å²) in [6.07, 6.45) is 0. The number of aliphatic imine (C=N–C) groups is 2. The van der Waals surface area contributed by atoms with E-state index >= 15 is 0 Å². The molecule has 4 nitrogen and oxygen atoms in total. The monoisotopic (exact) mass is 314 g/mol. The third-order valence-electron chi connectivity index (χ3n) is 3.49. The SMILES string of the molecule is C.C.C.C.C.C.C=C1N=C2C(=NC(C)C(C)N2C)C(=C)N1C. The van der Waals surface area contributed by atoms with Crippen LogP contribution in [0.25, 0.3) is 0 Å². The smallest absolute Gasteiger partial charge is 0.158 e. The number of rotatable bonds is 0. The van der Waals surface area contributed by atoms with E-state index in [1.54, 1.807) is 0 Å².